The van der Waals surface area contributed by atoms with Crippen molar-refractivity contribution in [3.8, 4) is 0 Å². The average molecular weight is 350 g/mol. The average Bonchev–Trinajstić information content (AvgIpc) is 2.70. The summed E-state index contributed by atoms with van der Waals surface area (Å²) in [6.07, 6.45) is 6.80. The first-order chi connectivity index (χ1) is 10.0. The molecular formula is C17H20BrNO2. The van der Waals surface area contributed by atoms with Crippen molar-refractivity contribution in [2.24, 2.45) is 0 Å². The minimum Gasteiger partial charge on any atom is -0.393 e. The summed E-state index contributed by atoms with van der Waals surface area (Å²) in [7, 11) is 0. The first kappa shape index (κ1) is 14.8. The van der Waals surface area contributed by atoms with Crippen LogP contribution < -0.4 is 0 Å². The van der Waals surface area contributed by atoms with Gasteiger partial charge in [0.2, 0.25) is 5.91 Å². The van der Waals surface area contributed by atoms with Gasteiger partial charge in [-0.05, 0) is 55.9 Å². The number of aliphatic hydroxyl groups is 1. The zero-order valence-corrected chi connectivity index (χ0v) is 13.7. The van der Waals surface area contributed by atoms with Crippen molar-refractivity contribution in [3.63, 3.8) is 0 Å². The SMILES string of the molecule is Cc1ccc(C=CC(=O)N2C3CCC2CC(O)C3)c(Br)c1. The molecule has 1 aromatic rings. The lowest BCUT2D eigenvalue weighted by molar-refractivity contribution is -0.131. The van der Waals surface area contributed by atoms with Crippen molar-refractivity contribution in [3.05, 3.63) is 39.9 Å². The van der Waals surface area contributed by atoms with Crippen LogP contribution in [-0.2, 0) is 4.79 Å². The standard InChI is InChI=1S/C17H20BrNO2/c1-11-2-3-12(16(18)8-11)4-7-17(21)19-13-5-6-14(19)10-15(20)9-13/h2-4,7-8,13-15,20H,5-6,9-10H2,1H3. The number of hydrogen-bond donors (Lipinski definition) is 1. The fourth-order valence-electron chi connectivity index (χ4n) is 3.52. The van der Waals surface area contributed by atoms with Gasteiger partial charge in [0.1, 0.15) is 0 Å². The van der Waals surface area contributed by atoms with Crippen LogP contribution in [0.25, 0.3) is 6.08 Å². The van der Waals surface area contributed by atoms with Crippen LogP contribution in [0, 0.1) is 6.92 Å². The quantitative estimate of drug-likeness (QED) is 0.832. The Morgan fingerprint density at radius 1 is 1.33 bits per heavy atom. The van der Waals surface area contributed by atoms with Gasteiger partial charge in [0.05, 0.1) is 6.10 Å². The first-order valence-corrected chi connectivity index (χ1v) is 8.28. The van der Waals surface area contributed by atoms with Crippen molar-refractivity contribution in [1.82, 2.24) is 4.90 Å². The fraction of sp³-hybridized carbons (Fsp3) is 0.471. The first-order valence-electron chi connectivity index (χ1n) is 7.49. The highest BCUT2D eigenvalue weighted by atomic mass is 79.9. The highest BCUT2D eigenvalue weighted by molar-refractivity contribution is 9.10. The van der Waals surface area contributed by atoms with E-state index in [9.17, 15) is 9.90 Å². The molecule has 0 aromatic heterocycles. The Hall–Kier alpha value is -1.13. The normalized spacial score (nSPS) is 28.3. The number of carbonyl (C=O) groups is 1. The summed E-state index contributed by atoms with van der Waals surface area (Å²) >= 11 is 3.53. The highest BCUT2D eigenvalue weighted by Crippen LogP contribution is 2.36. The van der Waals surface area contributed by atoms with Gasteiger partial charge < -0.3 is 10.0 Å². The predicted octanol–water partition coefficient (Wildman–Crippen LogP) is 3.29. The van der Waals surface area contributed by atoms with Gasteiger partial charge in [0.25, 0.3) is 0 Å². The molecule has 112 valence electrons. The number of amides is 1. The number of rotatable bonds is 2. The maximum absolute atomic E-state index is 12.5. The summed E-state index contributed by atoms with van der Waals surface area (Å²) in [5, 5.41) is 9.80. The Kier molecular flexibility index (Phi) is 4.18. The second kappa shape index (κ2) is 5.93. The molecule has 2 aliphatic heterocycles. The number of carbonyl (C=O) groups excluding carboxylic acids is 1. The minimum absolute atomic E-state index is 0.0712. The summed E-state index contributed by atoms with van der Waals surface area (Å²) in [6.45, 7) is 2.04. The monoisotopic (exact) mass is 349 g/mol. The molecule has 0 saturated carbocycles. The van der Waals surface area contributed by atoms with E-state index in [0.29, 0.717) is 0 Å². The molecule has 1 amide bonds. The molecule has 0 radical (unpaired) electrons. The van der Waals surface area contributed by atoms with Gasteiger partial charge in [-0.25, -0.2) is 0 Å². The number of piperidine rings is 1. The summed E-state index contributed by atoms with van der Waals surface area (Å²) in [6, 6.07) is 6.54. The summed E-state index contributed by atoms with van der Waals surface area (Å²) in [5.41, 5.74) is 2.20. The third kappa shape index (κ3) is 3.06. The summed E-state index contributed by atoms with van der Waals surface area (Å²) < 4.78 is 1.00. The number of nitrogens with zero attached hydrogens (tertiary/aromatic N) is 1. The zero-order valence-electron chi connectivity index (χ0n) is 12.1. The van der Waals surface area contributed by atoms with E-state index in [4.69, 9.17) is 0 Å². The molecule has 2 heterocycles. The number of fused-ring (bicyclic) bond motifs is 2. The molecular weight excluding hydrogens is 330 g/mol. The molecule has 2 unspecified atom stereocenters. The lowest BCUT2D eigenvalue weighted by Crippen LogP contribution is -2.47. The molecule has 4 heteroatoms. The molecule has 0 spiro atoms. The fourth-order valence-corrected chi connectivity index (χ4v) is 4.15. The van der Waals surface area contributed by atoms with Gasteiger partial charge in [-0.1, -0.05) is 28.1 Å². The van der Waals surface area contributed by atoms with E-state index in [2.05, 4.69) is 15.9 Å². The molecule has 2 aliphatic rings. The minimum atomic E-state index is -0.234. The maximum Gasteiger partial charge on any atom is 0.247 e. The van der Waals surface area contributed by atoms with E-state index < -0.39 is 0 Å². The van der Waals surface area contributed by atoms with Crippen LogP contribution in [0.5, 0.6) is 0 Å². The molecule has 1 N–H and O–H groups in total. The molecule has 2 saturated heterocycles. The van der Waals surface area contributed by atoms with E-state index in [1.807, 2.05) is 36.1 Å². The van der Waals surface area contributed by atoms with Crippen molar-refractivity contribution >= 4 is 27.9 Å². The van der Waals surface area contributed by atoms with Crippen molar-refractivity contribution in [1.29, 1.82) is 0 Å². The Labute approximate surface area is 133 Å². The van der Waals surface area contributed by atoms with E-state index in [1.165, 1.54) is 5.56 Å². The predicted molar refractivity (Wildman–Crippen MR) is 86.8 cm³/mol. The summed E-state index contributed by atoms with van der Waals surface area (Å²) in [5.74, 6) is 0.0712. The Balaban J connectivity index is 1.73. The lowest BCUT2D eigenvalue weighted by Gasteiger charge is -2.36. The second-order valence-corrected chi connectivity index (χ2v) is 6.97. The van der Waals surface area contributed by atoms with Gasteiger partial charge in [-0.2, -0.15) is 0 Å². The lowest BCUT2D eigenvalue weighted by atomic mass is 10.00. The largest absolute Gasteiger partial charge is 0.393 e. The third-order valence-corrected chi connectivity index (χ3v) is 5.21. The number of hydrogen-bond acceptors (Lipinski definition) is 2. The Morgan fingerprint density at radius 2 is 2.00 bits per heavy atom. The van der Waals surface area contributed by atoms with Gasteiger partial charge in [-0.3, -0.25) is 4.79 Å². The number of aryl methyl sites for hydroxylation is 1. The van der Waals surface area contributed by atoms with Crippen LogP contribution in [0.3, 0.4) is 0 Å². The number of aliphatic hydroxyl groups excluding tert-OH is 1. The van der Waals surface area contributed by atoms with Gasteiger partial charge >= 0.3 is 0 Å². The van der Waals surface area contributed by atoms with Crippen molar-refractivity contribution in [2.45, 2.75) is 50.8 Å². The van der Waals surface area contributed by atoms with Crippen LogP contribution in [0.1, 0.15) is 36.8 Å². The number of benzene rings is 1. The molecule has 3 rings (SSSR count). The van der Waals surface area contributed by atoms with E-state index in [0.717, 1.165) is 35.7 Å². The van der Waals surface area contributed by atoms with E-state index in [1.54, 1.807) is 6.08 Å². The van der Waals surface area contributed by atoms with Crippen molar-refractivity contribution < 1.29 is 9.90 Å². The highest BCUT2D eigenvalue weighted by Gasteiger charge is 2.41. The third-order valence-electron chi connectivity index (χ3n) is 4.52. The molecule has 2 bridgehead atoms. The molecule has 0 aliphatic carbocycles. The number of halogens is 1. The zero-order chi connectivity index (χ0) is 15.0. The Morgan fingerprint density at radius 3 is 2.62 bits per heavy atom. The smallest absolute Gasteiger partial charge is 0.247 e. The molecule has 1 aromatic carbocycles. The molecule has 2 fully saturated rings. The summed E-state index contributed by atoms with van der Waals surface area (Å²) in [4.78, 5) is 14.4. The van der Waals surface area contributed by atoms with Gasteiger partial charge in [0, 0.05) is 22.6 Å². The van der Waals surface area contributed by atoms with Crippen LogP contribution in [0.2, 0.25) is 0 Å². The van der Waals surface area contributed by atoms with Crippen LogP contribution in [-0.4, -0.2) is 34.1 Å². The molecule has 3 nitrogen and oxygen atoms in total. The maximum atomic E-state index is 12.5. The second-order valence-electron chi connectivity index (χ2n) is 6.11. The van der Waals surface area contributed by atoms with Gasteiger partial charge in [-0.15, -0.1) is 0 Å². The molecule has 2 atom stereocenters. The van der Waals surface area contributed by atoms with E-state index >= 15 is 0 Å². The van der Waals surface area contributed by atoms with Crippen LogP contribution >= 0.6 is 15.9 Å². The Bertz CT molecular complexity index is 570. The van der Waals surface area contributed by atoms with E-state index in [-0.39, 0.29) is 24.1 Å². The topological polar surface area (TPSA) is 40.5 Å². The van der Waals surface area contributed by atoms with Crippen LogP contribution in [0.15, 0.2) is 28.7 Å². The molecule has 21 heavy (non-hydrogen) atoms. The van der Waals surface area contributed by atoms with Crippen molar-refractivity contribution in [2.75, 3.05) is 0 Å². The van der Waals surface area contributed by atoms with Crippen LogP contribution in [0.4, 0.5) is 0 Å². The van der Waals surface area contributed by atoms with Gasteiger partial charge in [0.15, 0.2) is 0 Å².